The molecule has 0 aromatic carbocycles. The molecule has 2 unspecified atom stereocenters. The first-order valence-electron chi connectivity index (χ1n) is 4.14. The van der Waals surface area contributed by atoms with Crippen molar-refractivity contribution < 1.29 is 13.9 Å². The van der Waals surface area contributed by atoms with Crippen LogP contribution in [-0.4, -0.2) is 30.2 Å². The summed E-state index contributed by atoms with van der Waals surface area (Å²) < 4.78 is 23.9. The molecule has 12 heavy (non-hydrogen) atoms. The molecule has 2 atom stereocenters. The number of nitrogens with one attached hydrogen (secondary N) is 1. The molecular formula is C8H17F2NO. The van der Waals surface area contributed by atoms with Gasteiger partial charge in [-0.15, -0.1) is 0 Å². The Balaban J connectivity index is 3.54. The van der Waals surface area contributed by atoms with Crippen LogP contribution in [0.15, 0.2) is 0 Å². The third kappa shape index (κ3) is 4.62. The molecule has 0 aliphatic carbocycles. The average molecular weight is 181 g/mol. The summed E-state index contributed by atoms with van der Waals surface area (Å²) in [5.41, 5.74) is 0. The highest BCUT2D eigenvalue weighted by Crippen LogP contribution is 2.02. The van der Waals surface area contributed by atoms with E-state index < -0.39 is 18.6 Å². The topological polar surface area (TPSA) is 32.3 Å². The summed E-state index contributed by atoms with van der Waals surface area (Å²) >= 11 is 0. The molecular weight excluding hydrogens is 164 g/mol. The Morgan fingerprint density at radius 1 is 1.25 bits per heavy atom. The van der Waals surface area contributed by atoms with Crippen LogP contribution in [0.4, 0.5) is 8.78 Å². The lowest BCUT2D eigenvalue weighted by Crippen LogP contribution is -2.39. The molecule has 74 valence electrons. The van der Waals surface area contributed by atoms with Crippen molar-refractivity contribution in [2.75, 3.05) is 6.54 Å². The van der Waals surface area contributed by atoms with E-state index in [1.54, 1.807) is 0 Å². The lowest BCUT2D eigenvalue weighted by molar-refractivity contribution is 0.0810. The van der Waals surface area contributed by atoms with Crippen LogP contribution < -0.4 is 5.32 Å². The highest BCUT2D eigenvalue weighted by atomic mass is 19.3. The molecule has 0 spiro atoms. The summed E-state index contributed by atoms with van der Waals surface area (Å²) in [6.45, 7) is 5.32. The Morgan fingerprint density at radius 3 is 2.08 bits per heavy atom. The van der Waals surface area contributed by atoms with Gasteiger partial charge < -0.3 is 10.4 Å². The van der Waals surface area contributed by atoms with Gasteiger partial charge in [-0.2, -0.15) is 0 Å². The van der Waals surface area contributed by atoms with Crippen molar-refractivity contribution in [3.8, 4) is 0 Å². The van der Waals surface area contributed by atoms with E-state index in [0.29, 0.717) is 0 Å². The van der Waals surface area contributed by atoms with E-state index in [4.69, 9.17) is 0 Å². The molecule has 0 fully saturated rings. The number of rotatable bonds is 5. The minimum atomic E-state index is -2.37. The minimum absolute atomic E-state index is 0.0994. The van der Waals surface area contributed by atoms with E-state index in [0.717, 1.165) is 0 Å². The molecule has 0 saturated carbocycles. The molecule has 0 saturated heterocycles. The predicted octanol–water partition coefficient (Wildman–Crippen LogP) is 1.25. The Morgan fingerprint density at radius 2 is 1.75 bits per heavy atom. The van der Waals surface area contributed by atoms with Crippen molar-refractivity contribution in [3.63, 3.8) is 0 Å². The van der Waals surface area contributed by atoms with Gasteiger partial charge in [0, 0.05) is 6.54 Å². The SMILES string of the molecule is CC(C)C(O)CNC(C)C(F)F. The normalized spacial score (nSPS) is 17.0. The second-order valence-electron chi connectivity index (χ2n) is 3.34. The minimum Gasteiger partial charge on any atom is -0.392 e. The zero-order valence-corrected chi connectivity index (χ0v) is 7.72. The van der Waals surface area contributed by atoms with Crippen LogP contribution in [0.2, 0.25) is 0 Å². The first-order valence-corrected chi connectivity index (χ1v) is 4.14. The van der Waals surface area contributed by atoms with Crippen LogP contribution >= 0.6 is 0 Å². The number of alkyl halides is 2. The quantitative estimate of drug-likeness (QED) is 0.669. The van der Waals surface area contributed by atoms with Crippen molar-refractivity contribution in [2.45, 2.75) is 39.3 Å². The Bertz CT molecular complexity index is 106. The van der Waals surface area contributed by atoms with Crippen molar-refractivity contribution in [2.24, 2.45) is 5.92 Å². The molecule has 0 aromatic heterocycles. The van der Waals surface area contributed by atoms with E-state index in [2.05, 4.69) is 5.32 Å². The number of halogens is 2. The van der Waals surface area contributed by atoms with Crippen LogP contribution in [0.25, 0.3) is 0 Å². The molecule has 0 heterocycles. The maximum absolute atomic E-state index is 11.9. The second kappa shape index (κ2) is 5.43. The molecule has 0 aromatic rings. The Labute approximate surface area is 72.0 Å². The highest BCUT2D eigenvalue weighted by molar-refractivity contribution is 4.68. The van der Waals surface area contributed by atoms with Crippen molar-refractivity contribution in [1.82, 2.24) is 5.32 Å². The van der Waals surface area contributed by atoms with E-state index in [1.165, 1.54) is 6.92 Å². The summed E-state index contributed by atoms with van der Waals surface area (Å²) in [7, 11) is 0. The monoisotopic (exact) mass is 181 g/mol. The van der Waals surface area contributed by atoms with Gasteiger partial charge in [0.05, 0.1) is 12.1 Å². The van der Waals surface area contributed by atoms with Crippen molar-refractivity contribution in [3.05, 3.63) is 0 Å². The Hall–Kier alpha value is -0.220. The van der Waals surface area contributed by atoms with Gasteiger partial charge in [-0.3, -0.25) is 0 Å². The number of aliphatic hydroxyl groups is 1. The lowest BCUT2D eigenvalue weighted by Gasteiger charge is -2.18. The predicted molar refractivity (Wildman–Crippen MR) is 44.3 cm³/mol. The second-order valence-corrected chi connectivity index (χ2v) is 3.34. The van der Waals surface area contributed by atoms with Gasteiger partial charge in [-0.05, 0) is 12.8 Å². The first kappa shape index (κ1) is 11.8. The van der Waals surface area contributed by atoms with Gasteiger partial charge in [-0.25, -0.2) is 8.78 Å². The lowest BCUT2D eigenvalue weighted by atomic mass is 10.1. The van der Waals surface area contributed by atoms with Crippen LogP contribution in [0.3, 0.4) is 0 Å². The maximum Gasteiger partial charge on any atom is 0.253 e. The number of hydrogen-bond acceptors (Lipinski definition) is 2. The average Bonchev–Trinajstić information content (AvgIpc) is 1.98. The standard InChI is InChI=1S/C8H17F2NO/c1-5(2)7(12)4-11-6(3)8(9)10/h5-8,11-12H,4H2,1-3H3. The fourth-order valence-corrected chi connectivity index (χ4v) is 0.631. The molecule has 4 heteroatoms. The van der Waals surface area contributed by atoms with E-state index >= 15 is 0 Å². The van der Waals surface area contributed by atoms with Gasteiger partial charge in [0.15, 0.2) is 0 Å². The fourth-order valence-electron chi connectivity index (χ4n) is 0.631. The van der Waals surface area contributed by atoms with Gasteiger partial charge in [-0.1, -0.05) is 13.8 Å². The largest absolute Gasteiger partial charge is 0.392 e. The van der Waals surface area contributed by atoms with E-state index in [9.17, 15) is 13.9 Å². The molecule has 0 bridgehead atoms. The summed E-state index contributed by atoms with van der Waals surface area (Å²) in [5, 5.41) is 11.8. The van der Waals surface area contributed by atoms with E-state index in [-0.39, 0.29) is 12.5 Å². The van der Waals surface area contributed by atoms with Gasteiger partial charge in [0.25, 0.3) is 6.43 Å². The molecule has 2 nitrogen and oxygen atoms in total. The molecule has 0 aliphatic heterocycles. The summed E-state index contributed by atoms with van der Waals surface area (Å²) in [6, 6.07) is -0.849. The van der Waals surface area contributed by atoms with Gasteiger partial charge in [0.2, 0.25) is 0 Å². The third-order valence-electron chi connectivity index (χ3n) is 1.80. The van der Waals surface area contributed by atoms with Gasteiger partial charge >= 0.3 is 0 Å². The molecule has 0 aliphatic rings. The van der Waals surface area contributed by atoms with Crippen molar-refractivity contribution >= 4 is 0 Å². The zero-order chi connectivity index (χ0) is 9.72. The van der Waals surface area contributed by atoms with Crippen LogP contribution in [0.1, 0.15) is 20.8 Å². The van der Waals surface area contributed by atoms with Crippen LogP contribution in [0.5, 0.6) is 0 Å². The summed E-state index contributed by atoms with van der Waals surface area (Å²) in [6.07, 6.45) is -2.92. The molecule has 0 amide bonds. The zero-order valence-electron chi connectivity index (χ0n) is 7.72. The van der Waals surface area contributed by atoms with E-state index in [1.807, 2.05) is 13.8 Å². The highest BCUT2D eigenvalue weighted by Gasteiger charge is 2.16. The molecule has 0 radical (unpaired) electrons. The molecule has 0 rings (SSSR count). The first-order chi connectivity index (χ1) is 5.45. The van der Waals surface area contributed by atoms with Crippen molar-refractivity contribution in [1.29, 1.82) is 0 Å². The third-order valence-corrected chi connectivity index (χ3v) is 1.80. The summed E-state index contributed by atoms with van der Waals surface area (Å²) in [4.78, 5) is 0. The fraction of sp³-hybridized carbons (Fsp3) is 1.00. The maximum atomic E-state index is 11.9. The Kier molecular flexibility index (Phi) is 5.33. The van der Waals surface area contributed by atoms with Gasteiger partial charge in [0.1, 0.15) is 0 Å². The van der Waals surface area contributed by atoms with Crippen LogP contribution in [-0.2, 0) is 0 Å². The smallest absolute Gasteiger partial charge is 0.253 e. The summed E-state index contributed by atoms with van der Waals surface area (Å²) in [5.74, 6) is 0.0994. The number of aliphatic hydroxyl groups excluding tert-OH is 1. The number of hydrogen-bond donors (Lipinski definition) is 2. The van der Waals surface area contributed by atoms with Crippen LogP contribution in [0, 0.1) is 5.92 Å². The molecule has 2 N–H and O–H groups in total.